The maximum absolute atomic E-state index is 5.92. The third-order valence-corrected chi connectivity index (χ3v) is 2.91. The molecule has 0 amide bonds. The van der Waals surface area contributed by atoms with Crippen molar-refractivity contribution in [3.8, 4) is 0 Å². The summed E-state index contributed by atoms with van der Waals surface area (Å²) in [6, 6.07) is 8.63. The molecule has 2 rings (SSSR count). The van der Waals surface area contributed by atoms with Gasteiger partial charge in [-0.2, -0.15) is 0 Å². The van der Waals surface area contributed by atoms with E-state index in [9.17, 15) is 0 Å². The van der Waals surface area contributed by atoms with Crippen molar-refractivity contribution >= 4 is 10.9 Å². The molecule has 2 heteroatoms. The Morgan fingerprint density at radius 1 is 1.21 bits per heavy atom. The van der Waals surface area contributed by atoms with Crippen molar-refractivity contribution in [1.82, 2.24) is 4.98 Å². The number of fused-ring (bicyclic) bond motifs is 1. The molecule has 0 saturated heterocycles. The van der Waals surface area contributed by atoms with Crippen LogP contribution in [0.25, 0.3) is 10.9 Å². The van der Waals surface area contributed by atoms with Gasteiger partial charge in [-0.3, -0.25) is 0 Å². The maximum Gasteiger partial charge on any atom is 0.0456 e. The number of nitrogens with two attached hydrogens (primary N) is 1. The second kappa shape index (κ2) is 3.46. The quantitative estimate of drug-likeness (QED) is 0.747. The van der Waals surface area contributed by atoms with Gasteiger partial charge in [-0.05, 0) is 30.5 Å². The van der Waals surface area contributed by atoms with Crippen molar-refractivity contribution in [2.24, 2.45) is 5.73 Å². The lowest BCUT2D eigenvalue weighted by Gasteiger charge is -2.16. The minimum absolute atomic E-state index is 0.190. The first-order valence-corrected chi connectivity index (χ1v) is 5.01. The van der Waals surface area contributed by atoms with Gasteiger partial charge in [0.25, 0.3) is 0 Å². The zero-order valence-corrected chi connectivity index (χ0v) is 8.62. The predicted octanol–water partition coefficient (Wildman–Crippen LogP) is 2.62. The van der Waals surface area contributed by atoms with Gasteiger partial charge < -0.3 is 10.7 Å². The van der Waals surface area contributed by atoms with Gasteiger partial charge in [0, 0.05) is 23.1 Å². The van der Waals surface area contributed by atoms with Crippen molar-refractivity contribution in [1.29, 1.82) is 0 Å². The largest absolute Gasteiger partial charge is 0.361 e. The Labute approximate surface area is 84.1 Å². The first kappa shape index (κ1) is 9.28. The third kappa shape index (κ3) is 1.42. The Balaban J connectivity index is 2.56. The molecule has 1 heterocycles. The summed E-state index contributed by atoms with van der Waals surface area (Å²) in [6.45, 7) is 4.22. The Morgan fingerprint density at radius 3 is 2.71 bits per heavy atom. The number of benzene rings is 1. The highest BCUT2D eigenvalue weighted by atomic mass is 14.7. The minimum Gasteiger partial charge on any atom is -0.361 e. The highest BCUT2D eigenvalue weighted by Crippen LogP contribution is 2.26. The standard InChI is InChI=1S/C12H16N2/c1-8(9(2)13)10-4-3-5-12-11(10)6-7-14-12/h3-9,14H,13H2,1-2H3. The fourth-order valence-electron chi connectivity index (χ4n) is 1.79. The van der Waals surface area contributed by atoms with E-state index in [1.165, 1.54) is 16.5 Å². The highest BCUT2D eigenvalue weighted by molar-refractivity contribution is 5.83. The zero-order chi connectivity index (χ0) is 10.1. The van der Waals surface area contributed by atoms with E-state index in [0.717, 1.165) is 0 Å². The molecule has 74 valence electrons. The summed E-state index contributed by atoms with van der Waals surface area (Å²) in [4.78, 5) is 3.21. The number of hydrogen-bond donors (Lipinski definition) is 2. The first-order chi connectivity index (χ1) is 6.70. The molecular formula is C12H16N2. The van der Waals surface area contributed by atoms with E-state index in [-0.39, 0.29) is 6.04 Å². The summed E-state index contributed by atoms with van der Waals surface area (Å²) < 4.78 is 0. The highest BCUT2D eigenvalue weighted by Gasteiger charge is 2.12. The third-order valence-electron chi connectivity index (χ3n) is 2.91. The molecule has 0 fully saturated rings. The average molecular weight is 188 g/mol. The summed E-state index contributed by atoms with van der Waals surface area (Å²) in [5.74, 6) is 0.398. The fraction of sp³-hybridized carbons (Fsp3) is 0.333. The van der Waals surface area contributed by atoms with Crippen molar-refractivity contribution in [3.63, 3.8) is 0 Å². The van der Waals surface area contributed by atoms with Crippen LogP contribution in [0.5, 0.6) is 0 Å². The van der Waals surface area contributed by atoms with Gasteiger partial charge in [-0.1, -0.05) is 19.1 Å². The van der Waals surface area contributed by atoms with E-state index < -0.39 is 0 Å². The van der Waals surface area contributed by atoms with E-state index in [1.54, 1.807) is 0 Å². The van der Waals surface area contributed by atoms with E-state index >= 15 is 0 Å². The lowest BCUT2D eigenvalue weighted by molar-refractivity contribution is 0.617. The van der Waals surface area contributed by atoms with Crippen LogP contribution >= 0.6 is 0 Å². The Kier molecular flexibility index (Phi) is 2.30. The van der Waals surface area contributed by atoms with Crippen molar-refractivity contribution < 1.29 is 0 Å². The second-order valence-electron chi connectivity index (χ2n) is 3.93. The van der Waals surface area contributed by atoms with Crippen LogP contribution in [0, 0.1) is 0 Å². The van der Waals surface area contributed by atoms with Gasteiger partial charge in [0.15, 0.2) is 0 Å². The van der Waals surface area contributed by atoms with E-state index in [1.807, 2.05) is 6.20 Å². The number of aromatic amines is 1. The molecule has 0 bridgehead atoms. The van der Waals surface area contributed by atoms with Crippen molar-refractivity contribution in [3.05, 3.63) is 36.0 Å². The van der Waals surface area contributed by atoms with Crippen LogP contribution in [0.3, 0.4) is 0 Å². The lowest BCUT2D eigenvalue weighted by Crippen LogP contribution is -2.22. The number of hydrogen-bond acceptors (Lipinski definition) is 1. The molecule has 2 unspecified atom stereocenters. The topological polar surface area (TPSA) is 41.8 Å². The molecule has 0 spiro atoms. The summed E-state index contributed by atoms with van der Waals surface area (Å²) in [6.07, 6.45) is 1.97. The van der Waals surface area contributed by atoms with Gasteiger partial charge in [-0.25, -0.2) is 0 Å². The number of rotatable bonds is 2. The van der Waals surface area contributed by atoms with Crippen LogP contribution < -0.4 is 5.73 Å². The molecule has 2 aromatic rings. The summed E-state index contributed by atoms with van der Waals surface area (Å²) in [5, 5.41) is 1.29. The number of aromatic nitrogens is 1. The fourth-order valence-corrected chi connectivity index (χ4v) is 1.79. The van der Waals surface area contributed by atoms with E-state index in [2.05, 4.69) is 43.1 Å². The van der Waals surface area contributed by atoms with Crippen LogP contribution in [-0.4, -0.2) is 11.0 Å². The Hall–Kier alpha value is -1.28. The summed E-state index contributed by atoms with van der Waals surface area (Å²) in [7, 11) is 0. The molecule has 0 aliphatic rings. The maximum atomic E-state index is 5.92. The molecule has 1 aromatic carbocycles. The molecule has 0 radical (unpaired) electrons. The normalized spacial score (nSPS) is 15.6. The van der Waals surface area contributed by atoms with E-state index in [4.69, 9.17) is 5.73 Å². The van der Waals surface area contributed by atoms with Gasteiger partial charge in [0.1, 0.15) is 0 Å². The van der Waals surface area contributed by atoms with Gasteiger partial charge in [0.05, 0.1) is 0 Å². The molecule has 14 heavy (non-hydrogen) atoms. The van der Waals surface area contributed by atoms with Crippen molar-refractivity contribution in [2.45, 2.75) is 25.8 Å². The molecule has 0 aliphatic carbocycles. The zero-order valence-electron chi connectivity index (χ0n) is 8.62. The molecule has 2 nitrogen and oxygen atoms in total. The molecular weight excluding hydrogens is 172 g/mol. The van der Waals surface area contributed by atoms with Crippen LogP contribution in [0.1, 0.15) is 25.3 Å². The molecule has 0 saturated carbocycles. The van der Waals surface area contributed by atoms with Crippen LogP contribution in [0.2, 0.25) is 0 Å². The van der Waals surface area contributed by atoms with E-state index in [0.29, 0.717) is 5.92 Å². The van der Waals surface area contributed by atoms with Crippen LogP contribution in [0.4, 0.5) is 0 Å². The van der Waals surface area contributed by atoms with Gasteiger partial charge >= 0.3 is 0 Å². The first-order valence-electron chi connectivity index (χ1n) is 5.01. The smallest absolute Gasteiger partial charge is 0.0456 e. The predicted molar refractivity (Wildman–Crippen MR) is 60.4 cm³/mol. The monoisotopic (exact) mass is 188 g/mol. The second-order valence-corrected chi connectivity index (χ2v) is 3.93. The van der Waals surface area contributed by atoms with Crippen molar-refractivity contribution in [2.75, 3.05) is 0 Å². The Morgan fingerprint density at radius 2 is 2.00 bits per heavy atom. The summed E-state index contributed by atoms with van der Waals surface area (Å²) >= 11 is 0. The van der Waals surface area contributed by atoms with Gasteiger partial charge in [0.2, 0.25) is 0 Å². The molecule has 0 aliphatic heterocycles. The number of H-pyrrole nitrogens is 1. The van der Waals surface area contributed by atoms with Crippen LogP contribution in [-0.2, 0) is 0 Å². The number of nitrogens with one attached hydrogen (secondary N) is 1. The lowest BCUT2D eigenvalue weighted by atomic mass is 9.92. The SMILES string of the molecule is CC(N)C(C)c1cccc2[nH]ccc12. The Bertz CT molecular complexity index is 429. The average Bonchev–Trinajstić information content (AvgIpc) is 2.63. The molecule has 3 N–H and O–H groups in total. The molecule has 2 atom stereocenters. The summed E-state index contributed by atoms with van der Waals surface area (Å²) in [5.41, 5.74) is 8.44. The van der Waals surface area contributed by atoms with Crippen LogP contribution in [0.15, 0.2) is 30.5 Å². The minimum atomic E-state index is 0.190. The van der Waals surface area contributed by atoms with Gasteiger partial charge in [-0.15, -0.1) is 0 Å². The molecule has 1 aromatic heterocycles.